The van der Waals surface area contributed by atoms with Crippen molar-refractivity contribution in [1.82, 2.24) is 29.5 Å². The molecule has 2 fully saturated rings. The van der Waals surface area contributed by atoms with E-state index >= 15 is 0 Å². The zero-order chi connectivity index (χ0) is 24.1. The number of methoxy groups -OCH3 is 1. The average molecular weight is 478 g/mol. The lowest BCUT2D eigenvalue weighted by atomic mass is 9.89. The van der Waals surface area contributed by atoms with Crippen molar-refractivity contribution in [2.75, 3.05) is 32.7 Å². The Morgan fingerprint density at radius 1 is 1.26 bits per heavy atom. The van der Waals surface area contributed by atoms with Crippen molar-refractivity contribution in [3.63, 3.8) is 0 Å². The second kappa shape index (κ2) is 8.59. The van der Waals surface area contributed by atoms with Crippen LogP contribution in [-0.4, -0.2) is 80.8 Å². The Bertz CT molecular complexity index is 1370. The molecular formula is C24H27N7O4. The highest BCUT2D eigenvalue weighted by Crippen LogP contribution is 2.36. The number of nitrogens with zero attached hydrogens (tertiary/aromatic N) is 5. The molecule has 2 aromatic rings. The van der Waals surface area contributed by atoms with E-state index in [4.69, 9.17) is 19.4 Å². The number of carbonyl (C=O) groups is 1. The van der Waals surface area contributed by atoms with E-state index in [9.17, 15) is 9.90 Å². The van der Waals surface area contributed by atoms with E-state index in [1.165, 1.54) is 6.20 Å². The fourth-order valence-electron chi connectivity index (χ4n) is 4.87. The summed E-state index contributed by atoms with van der Waals surface area (Å²) in [5, 5.41) is 20.3. The molecule has 11 heteroatoms. The van der Waals surface area contributed by atoms with Gasteiger partial charge < -0.3 is 29.8 Å². The van der Waals surface area contributed by atoms with Crippen LogP contribution in [0.1, 0.15) is 29.2 Å². The Kier molecular flexibility index (Phi) is 5.39. The number of pyridine rings is 1. The predicted octanol–water partition coefficient (Wildman–Crippen LogP) is 1.58. The van der Waals surface area contributed by atoms with E-state index in [-0.39, 0.29) is 24.1 Å². The molecule has 11 nitrogen and oxygen atoms in total. The number of nitrogens with one attached hydrogen (secondary N) is 2. The molecule has 5 heterocycles. The van der Waals surface area contributed by atoms with Gasteiger partial charge in [-0.25, -0.2) is 9.97 Å². The summed E-state index contributed by atoms with van der Waals surface area (Å²) < 4.78 is 15.0. The van der Waals surface area contributed by atoms with Gasteiger partial charge in [0.2, 0.25) is 0 Å². The first-order valence-electron chi connectivity index (χ1n) is 11.7. The van der Waals surface area contributed by atoms with Crippen LogP contribution < -0.4 is 10.6 Å². The highest BCUT2D eigenvalue weighted by atomic mass is 16.5. The maximum Gasteiger partial charge on any atom is 0.257 e. The van der Waals surface area contributed by atoms with Crippen LogP contribution in [0.2, 0.25) is 0 Å². The van der Waals surface area contributed by atoms with Gasteiger partial charge in [0.15, 0.2) is 5.65 Å². The molecule has 1 aliphatic carbocycles. The van der Waals surface area contributed by atoms with E-state index in [0.717, 1.165) is 23.4 Å². The van der Waals surface area contributed by atoms with Crippen LogP contribution in [0.3, 0.4) is 0 Å². The number of carbonyl (C=O) groups excluding carboxylic acids is 1. The molecule has 0 radical (unpaired) electrons. The van der Waals surface area contributed by atoms with E-state index < -0.39 is 6.10 Å². The maximum atomic E-state index is 13.0. The van der Waals surface area contributed by atoms with Gasteiger partial charge in [0.1, 0.15) is 23.3 Å². The molecule has 0 spiro atoms. The van der Waals surface area contributed by atoms with Crippen LogP contribution in [-0.2, 0) is 9.47 Å². The number of rotatable bonds is 6. The molecule has 3 N–H and O–H groups in total. The third kappa shape index (κ3) is 3.54. The molecule has 2 aromatic heterocycles. The lowest BCUT2D eigenvalue weighted by Gasteiger charge is -2.32. The van der Waals surface area contributed by atoms with Crippen molar-refractivity contribution >= 4 is 17.4 Å². The number of ether oxygens (including phenoxy) is 2. The van der Waals surface area contributed by atoms with Gasteiger partial charge in [-0.1, -0.05) is 0 Å². The summed E-state index contributed by atoms with van der Waals surface area (Å²) in [6.45, 7) is 1.11. The van der Waals surface area contributed by atoms with E-state index in [2.05, 4.69) is 20.3 Å². The fourth-order valence-corrected chi connectivity index (χ4v) is 4.87. The van der Waals surface area contributed by atoms with Crippen LogP contribution in [0.5, 0.6) is 0 Å². The van der Waals surface area contributed by atoms with Crippen molar-refractivity contribution in [2.45, 2.75) is 37.1 Å². The number of aromatic nitrogens is 5. The Morgan fingerprint density at radius 2 is 2.14 bits per heavy atom. The van der Waals surface area contributed by atoms with Crippen molar-refractivity contribution in [3.8, 4) is 22.6 Å². The first-order valence-corrected chi connectivity index (χ1v) is 11.7. The Balaban J connectivity index is 1.40. The highest BCUT2D eigenvalue weighted by Gasteiger charge is 2.33. The first kappa shape index (κ1) is 22.0. The number of anilines is 1. The Morgan fingerprint density at radius 3 is 2.89 bits per heavy atom. The third-order valence-electron chi connectivity index (χ3n) is 7.06. The number of fused-ring (bicyclic) bond motifs is 2. The zero-order valence-electron chi connectivity index (χ0n) is 19.5. The summed E-state index contributed by atoms with van der Waals surface area (Å²) in [7, 11) is 3.49. The number of hydrogen-bond acceptors (Lipinski definition) is 8. The van der Waals surface area contributed by atoms with E-state index in [1.54, 1.807) is 24.9 Å². The largest absolute Gasteiger partial charge is 0.391 e. The summed E-state index contributed by atoms with van der Waals surface area (Å²) in [4.78, 5) is 22.5. The molecule has 4 atom stereocenters. The SMILES string of the molecule is CNc1cc(-c2cnc3n([C@@H]4COC[C@H]4OC)cccc2-3)nc2c(C(=O)N[C@H]3CC[C@H]3O)cnn12. The maximum absolute atomic E-state index is 13.0. The summed E-state index contributed by atoms with van der Waals surface area (Å²) in [6, 6.07) is 5.68. The van der Waals surface area contributed by atoms with Crippen molar-refractivity contribution < 1.29 is 19.4 Å². The van der Waals surface area contributed by atoms with Crippen molar-refractivity contribution in [3.05, 3.63) is 42.4 Å². The molecule has 1 saturated carbocycles. The van der Waals surface area contributed by atoms with E-state index in [1.807, 2.05) is 24.4 Å². The standard InChI is InChI=1S/C24H27N7O4/c1-25-21-8-17(28-23-15(10-27-31(21)23)24(33)29-16-5-6-19(16)32)14-9-26-22-13(14)4-3-7-30(22)18-11-35-12-20(18)34-2/h3-4,7-10,16,18-20,25,32H,5-6,11-12H2,1-2H3,(H,29,33)/t16-,18+,19+,20+/m0/s1. The number of aliphatic hydroxyl groups is 1. The molecule has 0 aromatic carbocycles. The Labute approximate surface area is 201 Å². The summed E-state index contributed by atoms with van der Waals surface area (Å²) >= 11 is 0. The normalized spacial score (nSPS) is 24.1. The molecule has 4 aliphatic rings. The van der Waals surface area contributed by atoms with Gasteiger partial charge in [-0.2, -0.15) is 9.61 Å². The van der Waals surface area contributed by atoms with Gasteiger partial charge >= 0.3 is 0 Å². The highest BCUT2D eigenvalue weighted by molar-refractivity contribution is 6.00. The predicted molar refractivity (Wildman–Crippen MR) is 128 cm³/mol. The lowest BCUT2D eigenvalue weighted by molar-refractivity contribution is 0.0448. The minimum atomic E-state index is -0.506. The van der Waals surface area contributed by atoms with Gasteiger partial charge in [-0.05, 0) is 25.0 Å². The van der Waals surface area contributed by atoms with Crippen LogP contribution in [0.15, 0.2) is 36.8 Å². The molecular weight excluding hydrogens is 450 g/mol. The molecule has 182 valence electrons. The first-order chi connectivity index (χ1) is 17.1. The molecule has 0 bridgehead atoms. The smallest absolute Gasteiger partial charge is 0.257 e. The van der Waals surface area contributed by atoms with Crippen molar-refractivity contribution in [2.24, 2.45) is 0 Å². The Hall–Kier alpha value is -3.54. The van der Waals surface area contributed by atoms with Gasteiger partial charge in [0.05, 0.1) is 43.3 Å². The molecule has 1 saturated heterocycles. The quantitative estimate of drug-likeness (QED) is 0.382. The lowest BCUT2D eigenvalue weighted by Crippen LogP contribution is -2.50. The monoisotopic (exact) mass is 477 g/mol. The van der Waals surface area contributed by atoms with Crippen LogP contribution in [0, 0.1) is 0 Å². The minimum absolute atomic E-state index is 0.0294. The number of aliphatic hydroxyl groups excluding tert-OH is 1. The summed E-state index contributed by atoms with van der Waals surface area (Å²) in [5.41, 5.74) is 3.25. The van der Waals surface area contributed by atoms with Crippen LogP contribution >= 0.6 is 0 Å². The van der Waals surface area contributed by atoms with Gasteiger partial charge in [0.25, 0.3) is 5.91 Å². The molecule has 6 rings (SSSR count). The average Bonchev–Trinajstić information content (AvgIpc) is 3.63. The van der Waals surface area contributed by atoms with Crippen LogP contribution in [0.25, 0.3) is 28.3 Å². The second-order valence-corrected chi connectivity index (χ2v) is 9.00. The van der Waals surface area contributed by atoms with Gasteiger partial charge in [-0.3, -0.25) is 4.79 Å². The molecule has 1 amide bonds. The molecule has 35 heavy (non-hydrogen) atoms. The summed E-state index contributed by atoms with van der Waals surface area (Å²) in [5.74, 6) is 1.21. The minimum Gasteiger partial charge on any atom is -0.391 e. The van der Waals surface area contributed by atoms with Gasteiger partial charge in [0, 0.05) is 43.7 Å². The second-order valence-electron chi connectivity index (χ2n) is 9.00. The topological polar surface area (TPSA) is 128 Å². The third-order valence-corrected chi connectivity index (χ3v) is 7.06. The zero-order valence-corrected chi connectivity index (χ0v) is 19.5. The number of hydrogen-bond donors (Lipinski definition) is 3. The van der Waals surface area contributed by atoms with Crippen molar-refractivity contribution in [1.29, 1.82) is 0 Å². The molecule has 3 aliphatic heterocycles. The van der Waals surface area contributed by atoms with E-state index in [0.29, 0.717) is 42.4 Å². The van der Waals surface area contributed by atoms with Crippen LogP contribution in [0.4, 0.5) is 5.82 Å². The number of amides is 1. The fraction of sp³-hybridized carbons (Fsp3) is 0.417. The summed E-state index contributed by atoms with van der Waals surface area (Å²) in [6.07, 6.45) is 6.21. The van der Waals surface area contributed by atoms with Gasteiger partial charge in [-0.15, -0.1) is 0 Å². The molecule has 0 unspecified atom stereocenters.